The van der Waals surface area contributed by atoms with Crippen molar-refractivity contribution >= 4 is 0 Å². The van der Waals surface area contributed by atoms with E-state index in [0.29, 0.717) is 0 Å². The maximum absolute atomic E-state index is 3.60. The molecule has 0 aliphatic rings. The fourth-order valence-electron chi connectivity index (χ4n) is 1.78. The third-order valence-electron chi connectivity index (χ3n) is 2.97. The van der Waals surface area contributed by atoms with E-state index in [1.807, 2.05) is 6.08 Å². The molecule has 0 aliphatic carbocycles. The molecule has 1 aromatic rings. The van der Waals surface area contributed by atoms with Gasteiger partial charge in [-0.3, -0.25) is 0 Å². The SMILES string of the molecule is C=C=CCc1c(C)c(C)cc(C)c1C. The van der Waals surface area contributed by atoms with Crippen molar-refractivity contribution in [3.63, 3.8) is 0 Å². The Morgan fingerprint density at radius 3 is 2.07 bits per heavy atom. The smallest absolute Gasteiger partial charge is 0.00160 e. The van der Waals surface area contributed by atoms with E-state index in [2.05, 4.69) is 46.1 Å². The Morgan fingerprint density at radius 2 is 1.64 bits per heavy atom. The highest BCUT2D eigenvalue weighted by molar-refractivity contribution is 5.44. The van der Waals surface area contributed by atoms with E-state index in [-0.39, 0.29) is 0 Å². The second kappa shape index (κ2) is 4.30. The molecular formula is C14H18. The topological polar surface area (TPSA) is 0 Å². The summed E-state index contributed by atoms with van der Waals surface area (Å²) in [7, 11) is 0. The average Bonchev–Trinajstić information content (AvgIpc) is 2.15. The first-order valence-electron chi connectivity index (χ1n) is 4.98. The number of rotatable bonds is 2. The molecule has 14 heavy (non-hydrogen) atoms. The Balaban J connectivity index is 3.31. The lowest BCUT2D eigenvalue weighted by molar-refractivity contribution is 1.11. The Labute approximate surface area is 87.0 Å². The molecule has 0 nitrogen and oxygen atoms in total. The van der Waals surface area contributed by atoms with E-state index in [1.54, 1.807) is 0 Å². The molecule has 0 bridgehead atoms. The summed E-state index contributed by atoms with van der Waals surface area (Å²) in [6, 6.07) is 2.26. The van der Waals surface area contributed by atoms with Crippen LogP contribution in [-0.4, -0.2) is 0 Å². The molecule has 0 atom stereocenters. The quantitative estimate of drug-likeness (QED) is 0.616. The molecule has 0 amide bonds. The minimum absolute atomic E-state index is 0.948. The zero-order valence-corrected chi connectivity index (χ0v) is 9.57. The molecule has 0 aromatic heterocycles. The Morgan fingerprint density at radius 1 is 1.14 bits per heavy atom. The molecule has 0 N–H and O–H groups in total. The summed E-state index contributed by atoms with van der Waals surface area (Å²) in [5, 5.41) is 0. The summed E-state index contributed by atoms with van der Waals surface area (Å²) in [5.74, 6) is 0. The summed E-state index contributed by atoms with van der Waals surface area (Å²) in [6.07, 6.45) is 2.94. The third kappa shape index (κ3) is 1.97. The lowest BCUT2D eigenvalue weighted by Crippen LogP contribution is -1.97. The van der Waals surface area contributed by atoms with Crippen molar-refractivity contribution < 1.29 is 0 Å². The molecule has 0 saturated carbocycles. The third-order valence-corrected chi connectivity index (χ3v) is 2.97. The average molecular weight is 186 g/mol. The zero-order chi connectivity index (χ0) is 10.7. The van der Waals surface area contributed by atoms with Crippen LogP contribution in [-0.2, 0) is 6.42 Å². The second-order valence-electron chi connectivity index (χ2n) is 3.85. The van der Waals surface area contributed by atoms with Crippen molar-refractivity contribution in [2.75, 3.05) is 0 Å². The largest absolute Gasteiger partial charge is 0.133 e. The van der Waals surface area contributed by atoms with Crippen molar-refractivity contribution in [2.24, 2.45) is 0 Å². The fourth-order valence-corrected chi connectivity index (χ4v) is 1.78. The predicted octanol–water partition coefficient (Wildman–Crippen LogP) is 3.80. The highest BCUT2D eigenvalue weighted by Crippen LogP contribution is 2.22. The van der Waals surface area contributed by atoms with Gasteiger partial charge in [-0.15, -0.1) is 5.73 Å². The van der Waals surface area contributed by atoms with Crippen LogP contribution < -0.4 is 0 Å². The molecule has 0 heterocycles. The Bertz CT molecular complexity index is 365. The molecule has 1 aromatic carbocycles. The van der Waals surface area contributed by atoms with Gasteiger partial charge in [-0.25, -0.2) is 0 Å². The maximum Gasteiger partial charge on any atom is -0.00160 e. The number of aryl methyl sites for hydroxylation is 2. The van der Waals surface area contributed by atoms with Gasteiger partial charge in [0.1, 0.15) is 0 Å². The minimum atomic E-state index is 0.948. The van der Waals surface area contributed by atoms with Gasteiger partial charge in [-0.1, -0.05) is 12.6 Å². The van der Waals surface area contributed by atoms with Gasteiger partial charge in [-0.05, 0) is 68.0 Å². The van der Waals surface area contributed by atoms with Gasteiger partial charge in [0, 0.05) is 0 Å². The highest BCUT2D eigenvalue weighted by atomic mass is 14.1. The standard InChI is InChI=1S/C14H18/c1-6-7-8-14-12(4)10(2)9-11(3)13(14)5/h7,9H,1,8H2,2-5H3. The van der Waals surface area contributed by atoms with Crippen LogP contribution in [0.4, 0.5) is 0 Å². The van der Waals surface area contributed by atoms with E-state index >= 15 is 0 Å². The second-order valence-corrected chi connectivity index (χ2v) is 3.85. The number of hydrogen-bond donors (Lipinski definition) is 0. The number of benzene rings is 1. The van der Waals surface area contributed by atoms with Gasteiger partial charge in [0.15, 0.2) is 0 Å². The zero-order valence-electron chi connectivity index (χ0n) is 9.57. The first kappa shape index (κ1) is 10.8. The Hall–Kier alpha value is -1.26. The van der Waals surface area contributed by atoms with Crippen molar-refractivity contribution in [2.45, 2.75) is 34.1 Å². The molecule has 0 radical (unpaired) electrons. The first-order chi connectivity index (χ1) is 6.57. The summed E-state index contributed by atoms with van der Waals surface area (Å²) >= 11 is 0. The molecule has 0 aliphatic heterocycles. The Kier molecular flexibility index (Phi) is 3.33. The predicted molar refractivity (Wildman–Crippen MR) is 62.8 cm³/mol. The molecule has 0 saturated heterocycles. The van der Waals surface area contributed by atoms with Crippen LogP contribution in [0, 0.1) is 27.7 Å². The fraction of sp³-hybridized carbons (Fsp3) is 0.357. The number of hydrogen-bond acceptors (Lipinski definition) is 0. The van der Waals surface area contributed by atoms with Crippen LogP contribution in [0.5, 0.6) is 0 Å². The van der Waals surface area contributed by atoms with Crippen LogP contribution in [0.15, 0.2) is 24.5 Å². The molecular weight excluding hydrogens is 168 g/mol. The first-order valence-corrected chi connectivity index (χ1v) is 4.98. The lowest BCUT2D eigenvalue weighted by atomic mass is 9.92. The van der Waals surface area contributed by atoms with E-state index in [9.17, 15) is 0 Å². The molecule has 0 unspecified atom stereocenters. The highest BCUT2D eigenvalue weighted by Gasteiger charge is 2.06. The van der Waals surface area contributed by atoms with Crippen molar-refractivity contribution in [1.82, 2.24) is 0 Å². The van der Waals surface area contributed by atoms with Gasteiger partial charge in [0.25, 0.3) is 0 Å². The monoisotopic (exact) mass is 186 g/mol. The van der Waals surface area contributed by atoms with Gasteiger partial charge >= 0.3 is 0 Å². The minimum Gasteiger partial charge on any atom is -0.133 e. The summed E-state index contributed by atoms with van der Waals surface area (Å²) < 4.78 is 0. The van der Waals surface area contributed by atoms with Gasteiger partial charge in [-0.2, -0.15) is 0 Å². The molecule has 0 fully saturated rings. The van der Waals surface area contributed by atoms with E-state index in [1.165, 1.54) is 27.8 Å². The number of allylic oxidation sites excluding steroid dienone is 1. The molecule has 1 rings (SSSR count). The van der Waals surface area contributed by atoms with Gasteiger partial charge < -0.3 is 0 Å². The van der Waals surface area contributed by atoms with Gasteiger partial charge in [0.2, 0.25) is 0 Å². The van der Waals surface area contributed by atoms with Crippen LogP contribution in [0.25, 0.3) is 0 Å². The van der Waals surface area contributed by atoms with Crippen LogP contribution >= 0.6 is 0 Å². The van der Waals surface area contributed by atoms with E-state index in [4.69, 9.17) is 0 Å². The molecule has 74 valence electrons. The maximum atomic E-state index is 3.60. The van der Waals surface area contributed by atoms with Crippen molar-refractivity contribution in [1.29, 1.82) is 0 Å². The van der Waals surface area contributed by atoms with Crippen LogP contribution in [0.1, 0.15) is 27.8 Å². The van der Waals surface area contributed by atoms with Crippen LogP contribution in [0.2, 0.25) is 0 Å². The summed E-state index contributed by atoms with van der Waals surface area (Å²) in [5.41, 5.74) is 9.82. The molecule has 0 spiro atoms. The van der Waals surface area contributed by atoms with Crippen molar-refractivity contribution in [3.8, 4) is 0 Å². The normalized spacial score (nSPS) is 9.71. The summed E-state index contributed by atoms with van der Waals surface area (Å²) in [4.78, 5) is 0. The van der Waals surface area contributed by atoms with Gasteiger partial charge in [0.05, 0.1) is 0 Å². The van der Waals surface area contributed by atoms with E-state index < -0.39 is 0 Å². The lowest BCUT2D eigenvalue weighted by Gasteiger charge is -2.13. The van der Waals surface area contributed by atoms with Crippen LogP contribution in [0.3, 0.4) is 0 Å². The van der Waals surface area contributed by atoms with Crippen molar-refractivity contribution in [3.05, 3.63) is 52.3 Å². The summed E-state index contributed by atoms with van der Waals surface area (Å²) in [6.45, 7) is 12.3. The molecule has 0 heteroatoms. The van der Waals surface area contributed by atoms with E-state index in [0.717, 1.165) is 6.42 Å².